The van der Waals surface area contributed by atoms with Crippen LogP contribution in [0.3, 0.4) is 0 Å². The molecule has 0 bridgehead atoms. The van der Waals surface area contributed by atoms with E-state index in [-0.39, 0.29) is 12.5 Å². The molecule has 4 rings (SSSR count). The fraction of sp³-hybridized carbons (Fsp3) is 0.273. The summed E-state index contributed by atoms with van der Waals surface area (Å²) in [5.74, 6) is 1.05. The Morgan fingerprint density at radius 3 is 2.72 bits per heavy atom. The number of nitrogens with one attached hydrogen (secondary N) is 1. The zero-order valence-electron chi connectivity index (χ0n) is 16.4. The second-order valence-electron chi connectivity index (χ2n) is 6.82. The van der Waals surface area contributed by atoms with Gasteiger partial charge in [-0.3, -0.25) is 4.79 Å². The predicted octanol–water partition coefficient (Wildman–Crippen LogP) is 3.21. The predicted molar refractivity (Wildman–Crippen MR) is 109 cm³/mol. The van der Waals surface area contributed by atoms with Gasteiger partial charge in [0.1, 0.15) is 11.6 Å². The number of hydrogen-bond donors (Lipinski definition) is 1. The highest BCUT2D eigenvalue weighted by Gasteiger charge is 2.24. The summed E-state index contributed by atoms with van der Waals surface area (Å²) >= 11 is 0. The highest BCUT2D eigenvalue weighted by atomic mass is 16.6. The Labute approximate surface area is 169 Å². The van der Waals surface area contributed by atoms with Gasteiger partial charge in [0.15, 0.2) is 6.10 Å². The number of aryl methyl sites for hydroxylation is 1. The molecular formula is C22H23N3O4. The van der Waals surface area contributed by atoms with Crippen LogP contribution in [-0.4, -0.2) is 48.7 Å². The Kier molecular flexibility index (Phi) is 5.59. The van der Waals surface area contributed by atoms with Crippen LogP contribution in [0.2, 0.25) is 0 Å². The van der Waals surface area contributed by atoms with Gasteiger partial charge in [0, 0.05) is 11.6 Å². The van der Waals surface area contributed by atoms with E-state index >= 15 is 0 Å². The van der Waals surface area contributed by atoms with Crippen LogP contribution in [0.25, 0.3) is 16.9 Å². The Balaban J connectivity index is 1.70. The van der Waals surface area contributed by atoms with Gasteiger partial charge in [-0.15, -0.1) is 0 Å². The normalized spacial score (nSPS) is 16.4. The number of ether oxygens (including phenoxy) is 3. The van der Waals surface area contributed by atoms with E-state index < -0.39 is 6.10 Å². The first-order valence-corrected chi connectivity index (χ1v) is 9.46. The standard InChI is InChI=1S/C22H23N3O4/c1-15-6-8-17(9-7-15)25-21(23-22(26)20-14-28-10-11-29-20)13-19(24-25)16-4-3-5-18(12-16)27-2/h3-9,12-13,20H,10-11,14H2,1-2H3,(H,23,26)/t20-/m0/s1. The largest absolute Gasteiger partial charge is 0.497 e. The fourth-order valence-corrected chi connectivity index (χ4v) is 3.12. The monoisotopic (exact) mass is 393 g/mol. The molecule has 1 amide bonds. The molecule has 2 heterocycles. The van der Waals surface area contributed by atoms with E-state index in [2.05, 4.69) is 5.32 Å². The summed E-state index contributed by atoms with van der Waals surface area (Å²) < 4.78 is 17.9. The third-order valence-electron chi connectivity index (χ3n) is 4.71. The number of anilines is 1. The molecule has 0 aliphatic carbocycles. The molecule has 0 saturated carbocycles. The van der Waals surface area contributed by atoms with Crippen molar-refractivity contribution in [3.05, 3.63) is 60.2 Å². The number of nitrogens with zero attached hydrogens (tertiary/aromatic N) is 2. The molecule has 1 saturated heterocycles. The molecule has 1 aliphatic heterocycles. The average Bonchev–Trinajstić information content (AvgIpc) is 3.18. The van der Waals surface area contributed by atoms with Crippen LogP contribution in [0.1, 0.15) is 5.56 Å². The highest BCUT2D eigenvalue weighted by molar-refractivity contribution is 5.94. The molecule has 7 heteroatoms. The first-order chi connectivity index (χ1) is 14.1. The van der Waals surface area contributed by atoms with Crippen LogP contribution < -0.4 is 10.1 Å². The Hall–Kier alpha value is -3.16. The average molecular weight is 393 g/mol. The minimum absolute atomic E-state index is 0.243. The lowest BCUT2D eigenvalue weighted by Gasteiger charge is -2.22. The third kappa shape index (κ3) is 4.31. The Morgan fingerprint density at radius 1 is 1.17 bits per heavy atom. The van der Waals surface area contributed by atoms with Gasteiger partial charge in [0.2, 0.25) is 0 Å². The molecule has 1 aliphatic rings. The summed E-state index contributed by atoms with van der Waals surface area (Å²) in [5, 5.41) is 7.67. The minimum Gasteiger partial charge on any atom is -0.497 e. The second-order valence-corrected chi connectivity index (χ2v) is 6.82. The van der Waals surface area contributed by atoms with Crippen molar-refractivity contribution in [2.24, 2.45) is 0 Å². The molecule has 1 aromatic heterocycles. The van der Waals surface area contributed by atoms with Gasteiger partial charge < -0.3 is 19.5 Å². The van der Waals surface area contributed by atoms with Gasteiger partial charge in [-0.1, -0.05) is 29.8 Å². The van der Waals surface area contributed by atoms with Gasteiger partial charge in [-0.05, 0) is 31.2 Å². The number of aromatic nitrogens is 2. The van der Waals surface area contributed by atoms with E-state index in [0.29, 0.717) is 19.0 Å². The lowest BCUT2D eigenvalue weighted by Crippen LogP contribution is -2.39. The molecule has 3 aromatic rings. The maximum Gasteiger partial charge on any atom is 0.257 e. The van der Waals surface area contributed by atoms with Crippen molar-refractivity contribution in [1.29, 1.82) is 0 Å². The highest BCUT2D eigenvalue weighted by Crippen LogP contribution is 2.27. The second kappa shape index (κ2) is 8.46. The van der Waals surface area contributed by atoms with Crippen molar-refractivity contribution < 1.29 is 19.0 Å². The van der Waals surface area contributed by atoms with Gasteiger partial charge in [-0.25, -0.2) is 4.68 Å². The summed E-state index contributed by atoms with van der Waals surface area (Å²) in [6.45, 7) is 3.18. The van der Waals surface area contributed by atoms with Crippen LogP contribution >= 0.6 is 0 Å². The lowest BCUT2D eigenvalue weighted by molar-refractivity contribution is -0.142. The van der Waals surface area contributed by atoms with Gasteiger partial charge >= 0.3 is 0 Å². The molecule has 29 heavy (non-hydrogen) atoms. The minimum atomic E-state index is -0.634. The molecule has 1 fully saturated rings. The number of amides is 1. The molecule has 1 N–H and O–H groups in total. The number of hydrogen-bond acceptors (Lipinski definition) is 5. The zero-order chi connectivity index (χ0) is 20.2. The first kappa shape index (κ1) is 19.2. The van der Waals surface area contributed by atoms with Crippen molar-refractivity contribution in [2.75, 3.05) is 32.2 Å². The van der Waals surface area contributed by atoms with Gasteiger partial charge in [0.05, 0.1) is 38.3 Å². The van der Waals surface area contributed by atoms with Crippen LogP contribution in [0.15, 0.2) is 54.6 Å². The zero-order valence-corrected chi connectivity index (χ0v) is 16.4. The summed E-state index contributed by atoms with van der Waals surface area (Å²) in [6, 6.07) is 17.4. The van der Waals surface area contributed by atoms with Crippen molar-refractivity contribution in [2.45, 2.75) is 13.0 Å². The van der Waals surface area contributed by atoms with Gasteiger partial charge in [-0.2, -0.15) is 5.10 Å². The number of methoxy groups -OCH3 is 1. The summed E-state index contributed by atoms with van der Waals surface area (Å²) in [4.78, 5) is 12.7. The Morgan fingerprint density at radius 2 is 2.00 bits per heavy atom. The van der Waals surface area contributed by atoms with E-state index in [1.165, 1.54) is 0 Å². The SMILES string of the molecule is COc1cccc(-c2cc(NC(=O)[C@@H]3COCCO3)n(-c3ccc(C)cc3)n2)c1. The maximum atomic E-state index is 12.7. The molecular weight excluding hydrogens is 370 g/mol. The van der Waals surface area contributed by atoms with E-state index in [1.54, 1.807) is 11.8 Å². The third-order valence-corrected chi connectivity index (χ3v) is 4.71. The van der Waals surface area contributed by atoms with E-state index in [0.717, 1.165) is 28.3 Å². The molecule has 0 radical (unpaired) electrons. The van der Waals surface area contributed by atoms with E-state index in [4.69, 9.17) is 19.3 Å². The number of carbonyl (C=O) groups is 1. The van der Waals surface area contributed by atoms with Crippen LogP contribution in [0, 0.1) is 6.92 Å². The Bertz CT molecular complexity index is 992. The molecule has 2 aromatic carbocycles. The molecule has 0 spiro atoms. The van der Waals surface area contributed by atoms with Crippen molar-refractivity contribution >= 4 is 11.7 Å². The number of rotatable bonds is 5. The van der Waals surface area contributed by atoms with Crippen molar-refractivity contribution in [3.8, 4) is 22.7 Å². The molecule has 150 valence electrons. The van der Waals surface area contributed by atoms with Crippen LogP contribution in [0.4, 0.5) is 5.82 Å². The number of benzene rings is 2. The van der Waals surface area contributed by atoms with Crippen molar-refractivity contribution in [3.63, 3.8) is 0 Å². The lowest BCUT2D eigenvalue weighted by atomic mass is 10.1. The summed E-state index contributed by atoms with van der Waals surface area (Å²) in [7, 11) is 1.63. The van der Waals surface area contributed by atoms with Crippen molar-refractivity contribution in [1.82, 2.24) is 9.78 Å². The number of carbonyl (C=O) groups excluding carboxylic acids is 1. The molecule has 1 atom stereocenters. The molecule has 0 unspecified atom stereocenters. The first-order valence-electron chi connectivity index (χ1n) is 9.46. The van der Waals surface area contributed by atoms with Gasteiger partial charge in [0.25, 0.3) is 5.91 Å². The van der Waals surface area contributed by atoms with Crippen LogP contribution in [0.5, 0.6) is 5.75 Å². The summed E-state index contributed by atoms with van der Waals surface area (Å²) in [5.41, 5.74) is 3.61. The van der Waals surface area contributed by atoms with E-state index in [9.17, 15) is 4.79 Å². The van der Waals surface area contributed by atoms with E-state index in [1.807, 2.05) is 61.5 Å². The topological polar surface area (TPSA) is 74.6 Å². The molecule has 7 nitrogen and oxygen atoms in total. The smallest absolute Gasteiger partial charge is 0.257 e. The summed E-state index contributed by atoms with van der Waals surface area (Å²) in [6.07, 6.45) is -0.634. The maximum absolute atomic E-state index is 12.7. The quantitative estimate of drug-likeness (QED) is 0.721. The fourth-order valence-electron chi connectivity index (χ4n) is 3.12. The van der Waals surface area contributed by atoms with Crippen LogP contribution in [-0.2, 0) is 14.3 Å².